The van der Waals surface area contributed by atoms with Gasteiger partial charge >= 0.3 is 5.97 Å². The summed E-state index contributed by atoms with van der Waals surface area (Å²) in [6.07, 6.45) is 1.42. The van der Waals surface area contributed by atoms with Gasteiger partial charge in [-0.3, -0.25) is 24.7 Å². The topological polar surface area (TPSA) is 147 Å². The zero-order valence-corrected chi connectivity index (χ0v) is 22.2. The van der Waals surface area contributed by atoms with Crippen molar-refractivity contribution in [3.63, 3.8) is 0 Å². The van der Waals surface area contributed by atoms with Crippen molar-refractivity contribution in [3.05, 3.63) is 53.6 Å². The number of carbonyl (C=O) groups is 3. The van der Waals surface area contributed by atoms with Crippen molar-refractivity contribution >= 4 is 42.6 Å². The Morgan fingerprint density at radius 2 is 1.82 bits per heavy atom. The first-order chi connectivity index (χ1) is 18.1. The Kier molecular flexibility index (Phi) is 10.3. The van der Waals surface area contributed by atoms with Crippen LogP contribution in [0.5, 0.6) is 5.75 Å². The second kappa shape index (κ2) is 13.6. The maximum Gasteiger partial charge on any atom is 0.320 e. The molecule has 2 amide bonds. The highest BCUT2D eigenvalue weighted by Crippen LogP contribution is 2.20. The number of hydrogen-bond donors (Lipinski definition) is 4. The maximum atomic E-state index is 12.4. The molecule has 0 radical (unpaired) electrons. The van der Waals surface area contributed by atoms with Crippen molar-refractivity contribution in [1.82, 2.24) is 10.2 Å². The number of nitrogens with two attached hydrogens (primary N) is 1. The molecule has 1 saturated heterocycles. The van der Waals surface area contributed by atoms with Crippen LogP contribution in [0.4, 0.5) is 5.69 Å². The van der Waals surface area contributed by atoms with Crippen molar-refractivity contribution in [3.8, 4) is 5.75 Å². The van der Waals surface area contributed by atoms with Crippen LogP contribution in [-0.2, 0) is 19.1 Å². The van der Waals surface area contributed by atoms with Crippen molar-refractivity contribution in [2.24, 2.45) is 5.73 Å². The summed E-state index contributed by atoms with van der Waals surface area (Å²) in [6, 6.07) is 12.0. The van der Waals surface area contributed by atoms with Gasteiger partial charge in [0.15, 0.2) is 0 Å². The van der Waals surface area contributed by atoms with E-state index in [4.69, 9.17) is 20.6 Å². The molecule has 0 bridgehead atoms. The van der Waals surface area contributed by atoms with Crippen molar-refractivity contribution in [2.75, 3.05) is 31.6 Å². The molecule has 1 unspecified atom stereocenters. The summed E-state index contributed by atoms with van der Waals surface area (Å²) in [4.78, 5) is 38.5. The van der Waals surface area contributed by atoms with Gasteiger partial charge in [0.2, 0.25) is 11.8 Å². The smallest absolute Gasteiger partial charge is 0.320 e. The molecule has 10 nitrogen and oxygen atoms in total. The average Bonchev–Trinajstić information content (AvgIpc) is 2.86. The Balaban J connectivity index is 1.45. The molecule has 0 saturated carbocycles. The second-order valence-corrected chi connectivity index (χ2v) is 9.43. The molecular weight excluding hydrogens is 485 g/mol. The predicted octanol–water partition coefficient (Wildman–Crippen LogP) is 0.841. The third kappa shape index (κ3) is 8.62. The van der Waals surface area contributed by atoms with E-state index in [2.05, 4.69) is 15.5 Å². The number of likely N-dealkylation sites (tertiary alicyclic amines) is 1. The molecule has 3 rings (SSSR count). The molecular formula is C27H36BN5O5. The second-order valence-electron chi connectivity index (χ2n) is 9.43. The van der Waals surface area contributed by atoms with Crippen LogP contribution in [-0.4, -0.2) is 68.7 Å². The molecule has 1 fully saturated rings. The fraction of sp³-hybridized carbons (Fsp3) is 0.407. The van der Waals surface area contributed by atoms with Gasteiger partial charge in [-0.1, -0.05) is 12.1 Å². The van der Waals surface area contributed by atoms with Crippen LogP contribution in [0.2, 0.25) is 0 Å². The molecule has 1 aliphatic rings. The summed E-state index contributed by atoms with van der Waals surface area (Å²) in [5.74, 6) is -0.271. The summed E-state index contributed by atoms with van der Waals surface area (Å²) in [5, 5.41) is 12.9. The van der Waals surface area contributed by atoms with E-state index in [1.54, 1.807) is 31.2 Å². The van der Waals surface area contributed by atoms with Gasteiger partial charge in [-0.15, -0.1) is 0 Å². The highest BCUT2D eigenvalue weighted by molar-refractivity contribution is 6.34. The number of ether oxygens (including phenoxy) is 2. The van der Waals surface area contributed by atoms with Crippen LogP contribution in [0.15, 0.2) is 42.5 Å². The number of hydrogen-bond acceptors (Lipinski definition) is 7. The third-order valence-corrected chi connectivity index (χ3v) is 6.36. The lowest BCUT2D eigenvalue weighted by atomic mass is 9.91. The molecule has 1 aliphatic heterocycles. The molecule has 0 aliphatic carbocycles. The van der Waals surface area contributed by atoms with Crippen LogP contribution in [0.3, 0.4) is 0 Å². The number of rotatable bonds is 11. The number of amides is 2. The van der Waals surface area contributed by atoms with Gasteiger partial charge in [0, 0.05) is 24.3 Å². The molecule has 1 atom stereocenters. The van der Waals surface area contributed by atoms with E-state index in [0.29, 0.717) is 24.4 Å². The van der Waals surface area contributed by atoms with E-state index in [9.17, 15) is 14.4 Å². The number of anilines is 1. The van der Waals surface area contributed by atoms with Crippen LogP contribution >= 0.6 is 0 Å². The highest BCUT2D eigenvalue weighted by atomic mass is 16.5. The monoisotopic (exact) mass is 521 g/mol. The Morgan fingerprint density at radius 1 is 1.13 bits per heavy atom. The first kappa shape index (κ1) is 28.7. The minimum Gasteiger partial charge on any atom is -0.491 e. The Bertz CT molecular complexity index is 1150. The van der Waals surface area contributed by atoms with Crippen LogP contribution in [0.25, 0.3) is 0 Å². The average molecular weight is 521 g/mol. The van der Waals surface area contributed by atoms with E-state index >= 15 is 0 Å². The minimum absolute atomic E-state index is 0.0563. The molecule has 5 N–H and O–H groups in total. The highest BCUT2D eigenvalue weighted by Gasteiger charge is 2.23. The van der Waals surface area contributed by atoms with Crippen molar-refractivity contribution in [2.45, 2.75) is 45.3 Å². The lowest BCUT2D eigenvalue weighted by molar-refractivity contribution is -0.145. The number of piperidine rings is 1. The van der Waals surface area contributed by atoms with Crippen LogP contribution in [0.1, 0.15) is 50.3 Å². The third-order valence-electron chi connectivity index (χ3n) is 6.36. The number of amidine groups is 1. The largest absolute Gasteiger partial charge is 0.491 e. The number of benzene rings is 2. The summed E-state index contributed by atoms with van der Waals surface area (Å²) >= 11 is 0. The zero-order chi connectivity index (χ0) is 27.7. The molecule has 2 aromatic rings. The van der Waals surface area contributed by atoms with Crippen LogP contribution < -0.4 is 26.6 Å². The number of nitrogens with zero attached hydrogens (tertiary/aromatic N) is 1. The maximum absolute atomic E-state index is 12.4. The first-order valence-corrected chi connectivity index (χ1v) is 12.8. The molecule has 0 spiro atoms. The van der Waals surface area contributed by atoms with E-state index in [-0.39, 0.29) is 36.3 Å². The van der Waals surface area contributed by atoms with Gasteiger partial charge in [0.1, 0.15) is 32.0 Å². The fourth-order valence-corrected chi connectivity index (χ4v) is 4.29. The van der Waals surface area contributed by atoms with Crippen molar-refractivity contribution in [1.29, 1.82) is 5.41 Å². The molecule has 202 valence electrons. The minimum atomic E-state index is -0.432. The first-order valence-electron chi connectivity index (χ1n) is 12.8. The van der Waals surface area contributed by atoms with Crippen molar-refractivity contribution < 1.29 is 23.9 Å². The number of carbonyl (C=O) groups excluding carboxylic acids is 3. The quantitative estimate of drug-likeness (QED) is 0.113. The van der Waals surface area contributed by atoms with Gasteiger partial charge in [-0.25, -0.2) is 0 Å². The zero-order valence-electron chi connectivity index (χ0n) is 22.2. The van der Waals surface area contributed by atoms with Gasteiger partial charge < -0.3 is 25.8 Å². The van der Waals surface area contributed by atoms with E-state index in [0.717, 1.165) is 42.7 Å². The Morgan fingerprint density at radius 3 is 2.42 bits per heavy atom. The summed E-state index contributed by atoms with van der Waals surface area (Å²) in [7, 11) is 1.97. The molecule has 38 heavy (non-hydrogen) atoms. The Hall–Kier alpha value is -3.86. The number of nitrogen functional groups attached to an aromatic ring is 1. The Labute approximate surface area is 224 Å². The predicted molar refractivity (Wildman–Crippen MR) is 149 cm³/mol. The molecule has 11 heteroatoms. The lowest BCUT2D eigenvalue weighted by Gasteiger charge is -2.31. The summed E-state index contributed by atoms with van der Waals surface area (Å²) in [6.45, 7) is 5.93. The van der Waals surface area contributed by atoms with Crippen LogP contribution in [0, 0.1) is 5.41 Å². The lowest BCUT2D eigenvalue weighted by Crippen LogP contribution is -2.41. The molecule has 2 aromatic carbocycles. The van der Waals surface area contributed by atoms with E-state index in [1.165, 1.54) is 0 Å². The summed E-state index contributed by atoms with van der Waals surface area (Å²) < 4.78 is 11.3. The number of nitrogens with one attached hydrogen (secondary N) is 3. The van der Waals surface area contributed by atoms with Gasteiger partial charge in [-0.2, -0.15) is 0 Å². The SMILES string of the molecule is Bc1cc(C(C)NC(=O)CC(=O)Nc2ccc(C(=N)N)cc2)ccc1OC1CCN(CC(=O)OCC)CC1. The fourth-order valence-electron chi connectivity index (χ4n) is 4.29. The van der Waals surface area contributed by atoms with E-state index in [1.807, 2.05) is 33.0 Å². The molecule has 0 aromatic heterocycles. The standard InChI is InChI=1S/C27H36BN5O5/c1-3-37-26(36)16-33-12-10-21(11-13-33)38-23-9-6-19(14-22(23)28)17(2)31-24(34)15-25(35)32-20-7-4-18(5-8-20)27(29)30/h4-9,14,17,21H,3,10-13,15-16,28H2,1-2H3,(H3,29,30)(H,31,34)(H,32,35). The molecule has 1 heterocycles. The van der Waals surface area contributed by atoms with Gasteiger partial charge in [0.25, 0.3) is 0 Å². The number of esters is 1. The van der Waals surface area contributed by atoms with Gasteiger partial charge in [-0.05, 0) is 68.0 Å². The summed E-state index contributed by atoms with van der Waals surface area (Å²) in [5.41, 5.74) is 8.38. The van der Waals surface area contributed by atoms with Gasteiger partial charge in [0.05, 0.1) is 19.2 Å². The van der Waals surface area contributed by atoms with E-state index < -0.39 is 5.91 Å². The normalized spacial score (nSPS) is 14.8.